The average molecular weight is 245 g/mol. The van der Waals surface area contributed by atoms with E-state index in [1.807, 2.05) is 23.1 Å². The second kappa shape index (κ2) is 4.96. The molecule has 1 aromatic rings. The van der Waals surface area contributed by atoms with Crippen LogP contribution in [0.1, 0.15) is 38.5 Å². The molecule has 1 aromatic heterocycles. The second-order valence-electron chi connectivity index (χ2n) is 5.22. The van der Waals surface area contributed by atoms with Crippen molar-refractivity contribution in [3.8, 4) is 0 Å². The summed E-state index contributed by atoms with van der Waals surface area (Å²) in [5.74, 6) is 0.774. The fourth-order valence-electron chi connectivity index (χ4n) is 2.60. The lowest BCUT2D eigenvalue weighted by Crippen LogP contribution is -2.45. The van der Waals surface area contributed by atoms with Crippen molar-refractivity contribution in [3.63, 3.8) is 0 Å². The molecule has 2 aliphatic carbocycles. The first-order valence-electron chi connectivity index (χ1n) is 6.85. The molecule has 3 rings (SSSR count). The molecule has 2 fully saturated rings. The molecule has 0 radical (unpaired) electrons. The van der Waals surface area contributed by atoms with Gasteiger partial charge in [-0.1, -0.05) is 18.9 Å². The Balaban J connectivity index is 1.71. The fourth-order valence-corrected chi connectivity index (χ4v) is 2.60. The van der Waals surface area contributed by atoms with Crippen molar-refractivity contribution in [1.82, 2.24) is 10.3 Å². The minimum Gasteiger partial charge on any atom is -0.335 e. The van der Waals surface area contributed by atoms with Crippen LogP contribution in [0.2, 0.25) is 0 Å². The Kier molecular flexibility index (Phi) is 3.17. The van der Waals surface area contributed by atoms with E-state index >= 15 is 0 Å². The van der Waals surface area contributed by atoms with Gasteiger partial charge in [-0.25, -0.2) is 9.78 Å². The predicted molar refractivity (Wildman–Crippen MR) is 70.5 cm³/mol. The van der Waals surface area contributed by atoms with E-state index in [1.54, 1.807) is 6.20 Å². The molecular weight excluding hydrogens is 226 g/mol. The molecular formula is C14H19N3O. The van der Waals surface area contributed by atoms with Gasteiger partial charge >= 0.3 is 6.03 Å². The van der Waals surface area contributed by atoms with Crippen molar-refractivity contribution in [2.24, 2.45) is 0 Å². The van der Waals surface area contributed by atoms with Gasteiger partial charge in [0.1, 0.15) is 5.82 Å². The predicted octanol–water partition coefficient (Wildman–Crippen LogP) is 2.70. The van der Waals surface area contributed by atoms with Crippen LogP contribution < -0.4 is 10.2 Å². The molecule has 0 saturated heterocycles. The number of carbonyl (C=O) groups is 1. The van der Waals surface area contributed by atoms with Gasteiger partial charge in [-0.3, -0.25) is 4.90 Å². The highest BCUT2D eigenvalue weighted by atomic mass is 16.2. The number of aromatic nitrogens is 1. The van der Waals surface area contributed by atoms with Crippen molar-refractivity contribution in [1.29, 1.82) is 0 Å². The Hall–Kier alpha value is -1.58. The zero-order chi connectivity index (χ0) is 12.4. The van der Waals surface area contributed by atoms with Crippen LogP contribution in [0.3, 0.4) is 0 Å². The molecule has 0 aromatic carbocycles. The number of amides is 2. The number of hydrogen-bond donors (Lipinski definition) is 1. The topological polar surface area (TPSA) is 45.2 Å². The molecule has 0 spiro atoms. The van der Waals surface area contributed by atoms with Crippen molar-refractivity contribution in [2.45, 2.75) is 50.6 Å². The summed E-state index contributed by atoms with van der Waals surface area (Å²) in [5, 5.41) is 3.15. The number of hydrogen-bond acceptors (Lipinski definition) is 2. The van der Waals surface area contributed by atoms with Gasteiger partial charge in [0.05, 0.1) is 0 Å². The molecule has 1 N–H and O–H groups in total. The summed E-state index contributed by atoms with van der Waals surface area (Å²) < 4.78 is 0. The van der Waals surface area contributed by atoms with E-state index in [2.05, 4.69) is 10.3 Å². The number of rotatable bonds is 3. The summed E-state index contributed by atoms with van der Waals surface area (Å²) in [5.41, 5.74) is 0. The lowest BCUT2D eigenvalue weighted by atomic mass is 10.2. The van der Waals surface area contributed by atoms with Crippen LogP contribution in [-0.4, -0.2) is 23.1 Å². The summed E-state index contributed by atoms with van der Waals surface area (Å²) in [4.78, 5) is 18.5. The molecule has 96 valence electrons. The minimum absolute atomic E-state index is 0.0306. The van der Waals surface area contributed by atoms with Crippen LogP contribution in [0.4, 0.5) is 10.6 Å². The highest BCUT2D eigenvalue weighted by Crippen LogP contribution is 2.31. The Labute approximate surface area is 107 Å². The Bertz CT molecular complexity index is 410. The van der Waals surface area contributed by atoms with Crippen LogP contribution in [0.15, 0.2) is 24.4 Å². The summed E-state index contributed by atoms with van der Waals surface area (Å²) >= 11 is 0. The Morgan fingerprint density at radius 1 is 1.22 bits per heavy atom. The van der Waals surface area contributed by atoms with E-state index in [9.17, 15) is 4.79 Å². The first-order valence-corrected chi connectivity index (χ1v) is 6.85. The largest absolute Gasteiger partial charge is 0.335 e. The normalized spacial score (nSPS) is 19.8. The molecule has 0 atom stereocenters. The van der Waals surface area contributed by atoms with E-state index in [1.165, 1.54) is 12.8 Å². The highest BCUT2D eigenvalue weighted by Gasteiger charge is 2.35. The summed E-state index contributed by atoms with van der Waals surface area (Å²) in [6.45, 7) is 0. The molecule has 18 heavy (non-hydrogen) atoms. The van der Waals surface area contributed by atoms with E-state index in [-0.39, 0.29) is 6.03 Å². The monoisotopic (exact) mass is 245 g/mol. The SMILES string of the molecule is O=C(NC1CCCC1)N(c1ccccn1)C1CC1. The lowest BCUT2D eigenvalue weighted by molar-refractivity contribution is 0.242. The zero-order valence-corrected chi connectivity index (χ0v) is 10.5. The van der Waals surface area contributed by atoms with E-state index in [0.29, 0.717) is 12.1 Å². The van der Waals surface area contributed by atoms with Crippen molar-refractivity contribution in [3.05, 3.63) is 24.4 Å². The van der Waals surface area contributed by atoms with E-state index in [0.717, 1.165) is 31.5 Å². The number of carbonyl (C=O) groups excluding carboxylic acids is 1. The zero-order valence-electron chi connectivity index (χ0n) is 10.5. The van der Waals surface area contributed by atoms with Crippen LogP contribution >= 0.6 is 0 Å². The van der Waals surface area contributed by atoms with Crippen LogP contribution in [0.25, 0.3) is 0 Å². The third-order valence-corrected chi connectivity index (χ3v) is 3.71. The second-order valence-corrected chi connectivity index (χ2v) is 5.22. The van der Waals surface area contributed by atoms with E-state index < -0.39 is 0 Å². The van der Waals surface area contributed by atoms with Crippen molar-refractivity contribution in [2.75, 3.05) is 4.90 Å². The van der Waals surface area contributed by atoms with Gasteiger partial charge in [0.15, 0.2) is 0 Å². The maximum absolute atomic E-state index is 12.4. The molecule has 2 aliphatic rings. The third-order valence-electron chi connectivity index (χ3n) is 3.71. The van der Waals surface area contributed by atoms with Crippen molar-refractivity contribution < 1.29 is 4.79 Å². The first kappa shape index (κ1) is 11.5. The van der Waals surface area contributed by atoms with Gasteiger partial charge in [-0.2, -0.15) is 0 Å². The number of anilines is 1. The quantitative estimate of drug-likeness (QED) is 0.890. The molecule has 2 saturated carbocycles. The van der Waals surface area contributed by atoms with Crippen molar-refractivity contribution >= 4 is 11.8 Å². The number of urea groups is 1. The van der Waals surface area contributed by atoms with Gasteiger partial charge in [0.2, 0.25) is 0 Å². The molecule has 0 aliphatic heterocycles. The molecule has 0 bridgehead atoms. The minimum atomic E-state index is 0.0306. The van der Waals surface area contributed by atoms with Crippen LogP contribution in [-0.2, 0) is 0 Å². The Morgan fingerprint density at radius 2 is 2.00 bits per heavy atom. The standard InChI is InChI=1S/C14H19N3O/c18-14(16-11-5-1-2-6-11)17(12-8-9-12)13-7-3-4-10-15-13/h3-4,7,10-12H,1-2,5-6,8-9H2,(H,16,18). The summed E-state index contributed by atoms with van der Waals surface area (Å²) in [6, 6.07) is 6.46. The van der Waals surface area contributed by atoms with Gasteiger partial charge in [-0.05, 0) is 37.8 Å². The molecule has 4 nitrogen and oxygen atoms in total. The molecule has 1 heterocycles. The molecule has 0 unspecified atom stereocenters. The summed E-state index contributed by atoms with van der Waals surface area (Å²) in [6.07, 6.45) is 8.63. The van der Waals surface area contributed by atoms with Gasteiger partial charge < -0.3 is 5.32 Å². The molecule has 2 amide bonds. The molecule has 4 heteroatoms. The Morgan fingerprint density at radius 3 is 2.61 bits per heavy atom. The number of nitrogens with one attached hydrogen (secondary N) is 1. The van der Waals surface area contributed by atoms with Gasteiger partial charge in [0.25, 0.3) is 0 Å². The maximum atomic E-state index is 12.4. The van der Waals surface area contributed by atoms with Gasteiger partial charge in [0, 0.05) is 18.3 Å². The first-order chi connectivity index (χ1) is 8.84. The lowest BCUT2D eigenvalue weighted by Gasteiger charge is -2.24. The van der Waals surface area contributed by atoms with Crippen LogP contribution in [0, 0.1) is 0 Å². The van der Waals surface area contributed by atoms with Gasteiger partial charge in [-0.15, -0.1) is 0 Å². The smallest absolute Gasteiger partial charge is 0.323 e. The highest BCUT2D eigenvalue weighted by molar-refractivity contribution is 5.92. The number of pyridine rings is 1. The fraction of sp³-hybridized carbons (Fsp3) is 0.571. The maximum Gasteiger partial charge on any atom is 0.323 e. The third kappa shape index (κ3) is 2.47. The van der Waals surface area contributed by atoms with E-state index in [4.69, 9.17) is 0 Å². The summed E-state index contributed by atoms with van der Waals surface area (Å²) in [7, 11) is 0. The van der Waals surface area contributed by atoms with Crippen LogP contribution in [0.5, 0.6) is 0 Å². The average Bonchev–Trinajstić information content (AvgIpc) is 3.08. The number of nitrogens with zero attached hydrogens (tertiary/aromatic N) is 2.